The van der Waals surface area contributed by atoms with Crippen LogP contribution >= 0.6 is 11.8 Å². The highest BCUT2D eigenvalue weighted by molar-refractivity contribution is 8.04. The summed E-state index contributed by atoms with van der Waals surface area (Å²) < 4.78 is 29.3. The summed E-state index contributed by atoms with van der Waals surface area (Å²) in [5, 5.41) is 2.77. The second-order valence-electron chi connectivity index (χ2n) is 4.48. The average molecular weight is 319 g/mol. The van der Waals surface area contributed by atoms with Crippen LogP contribution in [0.3, 0.4) is 0 Å². The Kier molecular flexibility index (Phi) is 4.11. The fraction of sp³-hybridized carbons (Fsp3) is 0.0625. The molecule has 0 aromatic heterocycles. The predicted molar refractivity (Wildman–Crippen MR) is 82.0 cm³/mol. The van der Waals surface area contributed by atoms with E-state index in [-0.39, 0.29) is 11.7 Å². The molecule has 0 atom stereocenters. The first kappa shape index (κ1) is 14.6. The zero-order valence-corrected chi connectivity index (χ0v) is 12.1. The highest BCUT2D eigenvalue weighted by Gasteiger charge is 2.21. The van der Waals surface area contributed by atoms with Gasteiger partial charge in [-0.05, 0) is 24.3 Å². The lowest BCUT2D eigenvalue weighted by atomic mass is 10.2. The molecule has 0 spiro atoms. The van der Waals surface area contributed by atoms with Gasteiger partial charge in [-0.25, -0.2) is 0 Å². The molecule has 0 fully saturated rings. The first-order valence-corrected chi connectivity index (χ1v) is 7.29. The Morgan fingerprint density at radius 3 is 2.64 bits per heavy atom. The Labute approximate surface area is 130 Å². The second kappa shape index (κ2) is 6.19. The van der Waals surface area contributed by atoms with E-state index in [0.717, 1.165) is 10.6 Å². The van der Waals surface area contributed by atoms with Crippen molar-refractivity contribution in [2.75, 3.05) is 5.32 Å². The summed E-state index contributed by atoms with van der Waals surface area (Å²) >= 11 is 1.29. The number of benzene rings is 2. The van der Waals surface area contributed by atoms with E-state index in [0.29, 0.717) is 10.5 Å². The third kappa shape index (κ3) is 3.12. The van der Waals surface area contributed by atoms with Crippen molar-refractivity contribution in [3.63, 3.8) is 0 Å². The molecule has 0 bridgehead atoms. The summed E-state index contributed by atoms with van der Waals surface area (Å²) in [6.45, 7) is -2.91. The molecule has 0 aliphatic carbocycles. The molecule has 22 heavy (non-hydrogen) atoms. The highest BCUT2D eigenvalue weighted by atomic mass is 32.2. The summed E-state index contributed by atoms with van der Waals surface area (Å²) in [5.74, 6) is -0.229. The zero-order chi connectivity index (χ0) is 15.5. The minimum absolute atomic E-state index is 0.0391. The van der Waals surface area contributed by atoms with Crippen LogP contribution in [0.15, 0.2) is 58.3 Å². The molecular formula is C16H11F2NO2S. The topological polar surface area (TPSA) is 38.3 Å². The Morgan fingerprint density at radius 1 is 1.09 bits per heavy atom. The standard InChI is InChI=1S/C16H11F2NO2S/c17-16(18)21-12-7-3-1-5-10(12)9-14-15(20)19-11-6-2-4-8-13(11)22-14/h1-9,16H,(H,19,20). The van der Waals surface area contributed by atoms with E-state index in [1.165, 1.54) is 17.8 Å². The van der Waals surface area contributed by atoms with Gasteiger partial charge < -0.3 is 10.1 Å². The van der Waals surface area contributed by atoms with Gasteiger partial charge in [0.25, 0.3) is 5.91 Å². The Hall–Kier alpha value is -2.34. The van der Waals surface area contributed by atoms with Gasteiger partial charge >= 0.3 is 6.61 Å². The Morgan fingerprint density at radius 2 is 1.82 bits per heavy atom. The SMILES string of the molecule is O=C1Nc2ccccc2SC1=Cc1ccccc1OC(F)F. The maximum Gasteiger partial charge on any atom is 0.387 e. The van der Waals surface area contributed by atoms with Crippen molar-refractivity contribution in [2.45, 2.75) is 11.5 Å². The summed E-state index contributed by atoms with van der Waals surface area (Å²) in [7, 11) is 0. The highest BCUT2D eigenvalue weighted by Crippen LogP contribution is 2.39. The van der Waals surface area contributed by atoms with Crippen LogP contribution in [-0.2, 0) is 4.79 Å². The number of nitrogens with one attached hydrogen (secondary N) is 1. The number of carbonyl (C=O) groups is 1. The van der Waals surface area contributed by atoms with Crippen LogP contribution in [0.4, 0.5) is 14.5 Å². The van der Waals surface area contributed by atoms with E-state index in [1.54, 1.807) is 24.3 Å². The second-order valence-corrected chi connectivity index (χ2v) is 5.56. The van der Waals surface area contributed by atoms with Crippen LogP contribution in [0.1, 0.15) is 5.56 Å². The number of rotatable bonds is 3. The number of thioether (sulfide) groups is 1. The van der Waals surface area contributed by atoms with Crippen molar-refractivity contribution in [1.29, 1.82) is 0 Å². The van der Waals surface area contributed by atoms with E-state index in [2.05, 4.69) is 10.1 Å². The summed E-state index contributed by atoms with van der Waals surface area (Å²) in [6, 6.07) is 13.8. The third-order valence-corrected chi connectivity index (χ3v) is 4.10. The van der Waals surface area contributed by atoms with E-state index in [9.17, 15) is 13.6 Å². The van der Waals surface area contributed by atoms with Crippen molar-refractivity contribution >= 4 is 29.4 Å². The van der Waals surface area contributed by atoms with Gasteiger partial charge in [-0.2, -0.15) is 8.78 Å². The number of para-hydroxylation sites is 2. The molecule has 0 saturated carbocycles. The number of hydrogen-bond acceptors (Lipinski definition) is 3. The molecule has 1 N–H and O–H groups in total. The summed E-state index contributed by atoms with van der Waals surface area (Å²) in [4.78, 5) is 13.4. The third-order valence-electron chi connectivity index (χ3n) is 3.00. The number of hydrogen-bond donors (Lipinski definition) is 1. The smallest absolute Gasteiger partial charge is 0.387 e. The van der Waals surface area contributed by atoms with Crippen LogP contribution in [0.25, 0.3) is 6.08 Å². The normalized spacial score (nSPS) is 15.6. The van der Waals surface area contributed by atoms with Crippen LogP contribution in [0.2, 0.25) is 0 Å². The van der Waals surface area contributed by atoms with Crippen LogP contribution in [0.5, 0.6) is 5.75 Å². The number of fused-ring (bicyclic) bond motifs is 1. The van der Waals surface area contributed by atoms with Gasteiger partial charge in [0, 0.05) is 10.5 Å². The molecule has 1 heterocycles. The molecule has 6 heteroatoms. The Balaban J connectivity index is 1.95. The van der Waals surface area contributed by atoms with Crippen LogP contribution in [0, 0.1) is 0 Å². The lowest BCUT2D eigenvalue weighted by Gasteiger charge is -2.18. The molecular weight excluding hydrogens is 308 g/mol. The van der Waals surface area contributed by atoms with Gasteiger partial charge in [-0.15, -0.1) is 0 Å². The molecule has 0 unspecified atom stereocenters. The first-order valence-electron chi connectivity index (χ1n) is 6.47. The quantitative estimate of drug-likeness (QED) is 0.854. The molecule has 3 rings (SSSR count). The molecule has 1 amide bonds. The number of amides is 1. The first-order chi connectivity index (χ1) is 10.6. The molecule has 1 aliphatic rings. The van der Waals surface area contributed by atoms with Crippen molar-refractivity contribution in [3.05, 3.63) is 59.0 Å². The molecule has 2 aromatic carbocycles. The largest absolute Gasteiger partial charge is 0.434 e. The molecule has 1 aliphatic heterocycles. The fourth-order valence-electron chi connectivity index (χ4n) is 2.05. The van der Waals surface area contributed by atoms with Crippen LogP contribution < -0.4 is 10.1 Å². The average Bonchev–Trinajstić information content (AvgIpc) is 2.49. The van der Waals surface area contributed by atoms with E-state index in [1.807, 2.05) is 24.3 Å². The molecule has 3 nitrogen and oxygen atoms in total. The number of anilines is 1. The minimum Gasteiger partial charge on any atom is -0.434 e. The van der Waals surface area contributed by atoms with Crippen molar-refractivity contribution in [1.82, 2.24) is 0 Å². The maximum absolute atomic E-state index is 12.4. The minimum atomic E-state index is -2.91. The maximum atomic E-state index is 12.4. The van der Waals surface area contributed by atoms with Gasteiger partial charge in [0.2, 0.25) is 0 Å². The Bertz CT molecular complexity index is 746. The number of alkyl halides is 2. The van der Waals surface area contributed by atoms with Gasteiger partial charge in [0.15, 0.2) is 0 Å². The van der Waals surface area contributed by atoms with Crippen molar-refractivity contribution in [3.8, 4) is 5.75 Å². The van der Waals surface area contributed by atoms with Gasteiger partial charge in [-0.1, -0.05) is 42.1 Å². The summed E-state index contributed by atoms with van der Waals surface area (Å²) in [5.41, 5.74) is 1.17. The van der Waals surface area contributed by atoms with E-state index in [4.69, 9.17) is 0 Å². The predicted octanol–water partition coefficient (Wildman–Crippen LogP) is 4.37. The van der Waals surface area contributed by atoms with Crippen molar-refractivity contribution < 1.29 is 18.3 Å². The molecule has 0 saturated heterocycles. The molecule has 0 radical (unpaired) electrons. The van der Waals surface area contributed by atoms with Gasteiger partial charge in [-0.3, -0.25) is 4.79 Å². The number of carbonyl (C=O) groups excluding carboxylic acids is 1. The monoisotopic (exact) mass is 319 g/mol. The summed E-state index contributed by atoms with van der Waals surface area (Å²) in [6.07, 6.45) is 1.55. The lowest BCUT2D eigenvalue weighted by molar-refractivity contribution is -0.112. The number of halogens is 2. The van der Waals surface area contributed by atoms with Gasteiger partial charge in [0.1, 0.15) is 5.75 Å². The van der Waals surface area contributed by atoms with E-state index < -0.39 is 6.61 Å². The van der Waals surface area contributed by atoms with Crippen molar-refractivity contribution in [2.24, 2.45) is 0 Å². The van der Waals surface area contributed by atoms with E-state index >= 15 is 0 Å². The number of ether oxygens (including phenoxy) is 1. The van der Waals surface area contributed by atoms with Crippen LogP contribution in [-0.4, -0.2) is 12.5 Å². The molecule has 2 aromatic rings. The molecule has 112 valence electrons. The zero-order valence-electron chi connectivity index (χ0n) is 11.3. The fourth-order valence-corrected chi connectivity index (χ4v) is 2.99. The lowest BCUT2D eigenvalue weighted by Crippen LogP contribution is -2.17. The van der Waals surface area contributed by atoms with Gasteiger partial charge in [0.05, 0.1) is 10.6 Å².